The number of nitro groups is 1. The third-order valence-electron chi connectivity index (χ3n) is 2.19. The molecule has 4 nitrogen and oxygen atoms in total. The Morgan fingerprint density at radius 2 is 2.14 bits per heavy atom. The van der Waals surface area contributed by atoms with Crippen LogP contribution >= 0.6 is 0 Å². The van der Waals surface area contributed by atoms with Crippen molar-refractivity contribution in [2.45, 2.75) is 0 Å². The van der Waals surface area contributed by atoms with Gasteiger partial charge in [-0.3, -0.25) is 10.1 Å². The summed E-state index contributed by atoms with van der Waals surface area (Å²) in [6, 6.07) is 8.58. The molecule has 2 rings (SSSR count). The van der Waals surface area contributed by atoms with E-state index in [1.54, 1.807) is 12.1 Å². The summed E-state index contributed by atoms with van der Waals surface area (Å²) in [5, 5.41) is 11.4. The molecule has 1 heterocycles. The van der Waals surface area contributed by atoms with Crippen LogP contribution in [0.1, 0.15) is 0 Å². The molecule has 14 heavy (non-hydrogen) atoms. The van der Waals surface area contributed by atoms with E-state index >= 15 is 0 Å². The number of fused-ring (bicyclic) bond motifs is 1. The molecule has 0 fully saturated rings. The number of non-ortho nitro benzene ring substituents is 1. The molecule has 0 aliphatic carbocycles. The topological polar surface area (TPSA) is 47.0 Å². The number of rotatable bonds is 1. The maximum atomic E-state index is 10.5. The highest BCUT2D eigenvalue weighted by Gasteiger charge is 2.09. The molecule has 0 saturated carbocycles. The second-order valence-electron chi connectivity index (χ2n) is 3.12. The number of pyridine rings is 1. The van der Waals surface area contributed by atoms with Crippen LogP contribution in [0.5, 0.6) is 0 Å². The highest BCUT2D eigenvalue weighted by molar-refractivity contribution is 5.78. The molecule has 0 saturated heterocycles. The van der Waals surface area contributed by atoms with Crippen LogP contribution in [-0.4, -0.2) is 4.92 Å². The van der Waals surface area contributed by atoms with Gasteiger partial charge in [-0.25, -0.2) is 4.57 Å². The van der Waals surface area contributed by atoms with Crippen molar-refractivity contribution in [3.8, 4) is 0 Å². The Morgan fingerprint density at radius 1 is 1.36 bits per heavy atom. The van der Waals surface area contributed by atoms with Gasteiger partial charge in [0.25, 0.3) is 5.69 Å². The summed E-state index contributed by atoms with van der Waals surface area (Å²) in [7, 11) is 1.91. The quantitative estimate of drug-likeness (QED) is 0.388. The fourth-order valence-corrected chi connectivity index (χ4v) is 1.47. The smallest absolute Gasteiger partial charge is 0.258 e. The Kier molecular flexibility index (Phi) is 1.89. The molecule has 1 aromatic carbocycles. The third-order valence-corrected chi connectivity index (χ3v) is 2.19. The van der Waals surface area contributed by atoms with Crippen LogP contribution in [0.15, 0.2) is 36.5 Å². The number of hydrogen-bond donors (Lipinski definition) is 0. The van der Waals surface area contributed by atoms with Crippen molar-refractivity contribution in [2.75, 3.05) is 0 Å². The molecule has 0 aliphatic heterocycles. The summed E-state index contributed by atoms with van der Waals surface area (Å²) in [6.45, 7) is 0. The van der Waals surface area contributed by atoms with Crippen LogP contribution in [-0.2, 0) is 7.05 Å². The maximum absolute atomic E-state index is 10.5. The minimum Gasteiger partial charge on any atom is -0.258 e. The van der Waals surface area contributed by atoms with Gasteiger partial charge >= 0.3 is 0 Å². The summed E-state index contributed by atoms with van der Waals surface area (Å²) >= 11 is 0. The lowest BCUT2D eigenvalue weighted by Crippen LogP contribution is -2.27. The first-order chi connectivity index (χ1) is 6.68. The average molecular weight is 189 g/mol. The van der Waals surface area contributed by atoms with Crippen molar-refractivity contribution in [3.63, 3.8) is 0 Å². The van der Waals surface area contributed by atoms with Crippen LogP contribution in [0.3, 0.4) is 0 Å². The monoisotopic (exact) mass is 189 g/mol. The first kappa shape index (κ1) is 8.62. The summed E-state index contributed by atoms with van der Waals surface area (Å²) in [6.07, 6.45) is 1.91. The molecule has 4 heteroatoms. The van der Waals surface area contributed by atoms with E-state index in [4.69, 9.17) is 0 Å². The van der Waals surface area contributed by atoms with E-state index in [0.29, 0.717) is 0 Å². The fraction of sp³-hybridized carbons (Fsp3) is 0.100. The van der Waals surface area contributed by atoms with Gasteiger partial charge in [0.2, 0.25) is 5.52 Å². The SMILES string of the molecule is C[n+]1cccc2cc([N+](=O)[O-])ccc21. The third kappa shape index (κ3) is 1.31. The molecule has 0 unspecified atom stereocenters. The molecule has 1 aromatic heterocycles. The number of nitrogens with zero attached hydrogens (tertiary/aromatic N) is 2. The predicted octanol–water partition coefficient (Wildman–Crippen LogP) is 1.57. The van der Waals surface area contributed by atoms with Crippen molar-refractivity contribution in [2.24, 2.45) is 7.05 Å². The Morgan fingerprint density at radius 3 is 2.86 bits per heavy atom. The highest BCUT2D eigenvalue weighted by atomic mass is 16.6. The van der Waals surface area contributed by atoms with Gasteiger partial charge < -0.3 is 0 Å². The lowest BCUT2D eigenvalue weighted by atomic mass is 10.2. The second kappa shape index (κ2) is 3.06. The molecular weight excluding hydrogens is 180 g/mol. The molecule has 0 radical (unpaired) electrons. The van der Waals surface area contributed by atoms with Gasteiger partial charge in [-0.05, 0) is 6.07 Å². The van der Waals surface area contributed by atoms with Crippen LogP contribution in [0.2, 0.25) is 0 Å². The lowest BCUT2D eigenvalue weighted by Gasteiger charge is -1.95. The number of aryl methyl sites for hydroxylation is 1. The van der Waals surface area contributed by atoms with E-state index < -0.39 is 0 Å². The minimum absolute atomic E-state index is 0.128. The number of hydrogen-bond acceptors (Lipinski definition) is 2. The first-order valence-electron chi connectivity index (χ1n) is 4.21. The molecule has 0 spiro atoms. The second-order valence-corrected chi connectivity index (χ2v) is 3.12. The number of benzene rings is 1. The van der Waals surface area contributed by atoms with Crippen LogP contribution in [0.25, 0.3) is 10.9 Å². The fourth-order valence-electron chi connectivity index (χ4n) is 1.47. The summed E-state index contributed by atoms with van der Waals surface area (Å²) in [5.74, 6) is 0. The Bertz CT molecular complexity index is 508. The van der Waals surface area contributed by atoms with Gasteiger partial charge in [0.1, 0.15) is 7.05 Å². The van der Waals surface area contributed by atoms with Crippen molar-refractivity contribution in [1.82, 2.24) is 0 Å². The van der Waals surface area contributed by atoms with Crippen molar-refractivity contribution in [3.05, 3.63) is 46.6 Å². The molecule has 2 aromatic rings. The average Bonchev–Trinajstić information content (AvgIpc) is 2.17. The van der Waals surface area contributed by atoms with E-state index in [2.05, 4.69) is 0 Å². The summed E-state index contributed by atoms with van der Waals surface area (Å²) in [5.41, 5.74) is 1.11. The molecule has 70 valence electrons. The van der Waals surface area contributed by atoms with Gasteiger partial charge in [-0.1, -0.05) is 0 Å². The Labute approximate surface area is 80.6 Å². The zero-order valence-corrected chi connectivity index (χ0v) is 7.68. The van der Waals surface area contributed by atoms with E-state index in [-0.39, 0.29) is 10.6 Å². The standard InChI is InChI=1S/C10H9N2O2/c1-11-6-2-3-8-7-9(12(13)14)4-5-10(8)11/h2-7H,1H3/q+1. The van der Waals surface area contributed by atoms with Crippen molar-refractivity contribution >= 4 is 16.6 Å². The van der Waals surface area contributed by atoms with E-state index in [1.807, 2.05) is 29.9 Å². The van der Waals surface area contributed by atoms with E-state index in [0.717, 1.165) is 10.9 Å². The van der Waals surface area contributed by atoms with Crippen LogP contribution < -0.4 is 4.57 Å². The number of nitro benzene ring substituents is 1. The zero-order chi connectivity index (χ0) is 10.1. The van der Waals surface area contributed by atoms with Crippen molar-refractivity contribution in [1.29, 1.82) is 0 Å². The molecule has 0 amide bonds. The first-order valence-corrected chi connectivity index (χ1v) is 4.21. The van der Waals surface area contributed by atoms with E-state index in [1.165, 1.54) is 6.07 Å². The highest BCUT2D eigenvalue weighted by Crippen LogP contribution is 2.17. The van der Waals surface area contributed by atoms with Gasteiger partial charge in [-0.2, -0.15) is 0 Å². The van der Waals surface area contributed by atoms with Gasteiger partial charge in [0.05, 0.1) is 10.3 Å². The Hall–Kier alpha value is -1.97. The van der Waals surface area contributed by atoms with Gasteiger partial charge in [0.15, 0.2) is 6.20 Å². The number of aromatic nitrogens is 1. The molecular formula is C10H9N2O2+. The van der Waals surface area contributed by atoms with Gasteiger partial charge in [-0.15, -0.1) is 0 Å². The minimum atomic E-state index is -0.382. The predicted molar refractivity (Wildman–Crippen MR) is 51.8 cm³/mol. The van der Waals surface area contributed by atoms with Crippen LogP contribution in [0, 0.1) is 10.1 Å². The summed E-state index contributed by atoms with van der Waals surface area (Å²) < 4.78 is 1.93. The van der Waals surface area contributed by atoms with E-state index in [9.17, 15) is 10.1 Å². The molecule has 0 N–H and O–H groups in total. The zero-order valence-electron chi connectivity index (χ0n) is 7.68. The van der Waals surface area contributed by atoms with Crippen molar-refractivity contribution < 1.29 is 9.49 Å². The van der Waals surface area contributed by atoms with Crippen LogP contribution in [0.4, 0.5) is 5.69 Å². The van der Waals surface area contributed by atoms with Gasteiger partial charge in [0, 0.05) is 24.3 Å². The maximum Gasteiger partial charge on any atom is 0.270 e. The largest absolute Gasteiger partial charge is 0.270 e. The normalized spacial score (nSPS) is 10.4. The molecule has 0 aliphatic rings. The molecule has 0 bridgehead atoms. The molecule has 0 atom stereocenters. The lowest BCUT2D eigenvalue weighted by molar-refractivity contribution is -0.644. The Balaban J connectivity index is 2.73. The summed E-state index contributed by atoms with van der Waals surface area (Å²) in [4.78, 5) is 10.1.